The van der Waals surface area contributed by atoms with Crippen molar-refractivity contribution < 1.29 is 9.50 Å². The maximum Gasteiger partial charge on any atom is 0.128 e. The summed E-state index contributed by atoms with van der Waals surface area (Å²) in [5, 5.41) is 9.81. The number of hydrogen-bond acceptors (Lipinski definition) is 1. The third kappa shape index (κ3) is 1.64. The zero-order valence-corrected chi connectivity index (χ0v) is 8.63. The normalized spacial score (nSPS) is 27.4. The van der Waals surface area contributed by atoms with Crippen LogP contribution in [0.3, 0.4) is 0 Å². The molecule has 0 bridgehead atoms. The molecule has 0 heterocycles. The van der Waals surface area contributed by atoms with Crippen LogP contribution in [0.4, 0.5) is 4.39 Å². The number of aliphatic hydroxyl groups excluding tert-OH is 1. The SMILES string of the molecule is C[C@@H](O)[C@@H]1C[C@@H]1c1c(F)cccc1Cl. The molecule has 1 aromatic rings. The van der Waals surface area contributed by atoms with Gasteiger partial charge in [-0.25, -0.2) is 4.39 Å². The highest BCUT2D eigenvalue weighted by molar-refractivity contribution is 6.31. The summed E-state index contributed by atoms with van der Waals surface area (Å²) in [5.41, 5.74) is 0.570. The summed E-state index contributed by atoms with van der Waals surface area (Å²) in [7, 11) is 0. The molecule has 0 unspecified atom stereocenters. The summed E-state index contributed by atoms with van der Waals surface area (Å²) in [6.45, 7) is 1.74. The number of aliphatic hydroxyl groups is 1. The summed E-state index contributed by atoms with van der Waals surface area (Å²) in [5.74, 6) is 0.0127. The zero-order valence-electron chi connectivity index (χ0n) is 7.87. The van der Waals surface area contributed by atoms with Gasteiger partial charge in [0.05, 0.1) is 6.10 Å². The first kappa shape index (κ1) is 9.94. The Bertz CT molecular complexity index is 331. The van der Waals surface area contributed by atoms with Crippen LogP contribution in [0.2, 0.25) is 5.02 Å². The molecule has 0 amide bonds. The van der Waals surface area contributed by atoms with Crippen molar-refractivity contribution in [2.45, 2.75) is 25.4 Å². The molecule has 1 fully saturated rings. The smallest absolute Gasteiger partial charge is 0.128 e. The molecule has 1 aromatic carbocycles. The first-order chi connectivity index (χ1) is 6.61. The lowest BCUT2D eigenvalue weighted by Crippen LogP contribution is -2.04. The molecular weight excluding hydrogens is 203 g/mol. The Labute approximate surface area is 87.5 Å². The number of hydrogen-bond donors (Lipinski definition) is 1. The largest absolute Gasteiger partial charge is 0.393 e. The molecule has 0 saturated heterocycles. The van der Waals surface area contributed by atoms with Crippen molar-refractivity contribution in [1.29, 1.82) is 0 Å². The topological polar surface area (TPSA) is 20.2 Å². The summed E-state index contributed by atoms with van der Waals surface area (Å²) < 4.78 is 13.4. The van der Waals surface area contributed by atoms with Crippen molar-refractivity contribution in [3.8, 4) is 0 Å². The van der Waals surface area contributed by atoms with Gasteiger partial charge >= 0.3 is 0 Å². The van der Waals surface area contributed by atoms with E-state index in [1.807, 2.05) is 0 Å². The summed E-state index contributed by atoms with van der Waals surface area (Å²) in [4.78, 5) is 0. The van der Waals surface area contributed by atoms with E-state index in [2.05, 4.69) is 0 Å². The third-order valence-corrected chi connectivity index (χ3v) is 3.16. The Balaban J connectivity index is 2.26. The molecule has 0 aromatic heterocycles. The van der Waals surface area contributed by atoms with Gasteiger partial charge in [0.2, 0.25) is 0 Å². The number of benzene rings is 1. The van der Waals surface area contributed by atoms with E-state index in [-0.39, 0.29) is 23.8 Å². The second-order valence-electron chi connectivity index (χ2n) is 3.88. The van der Waals surface area contributed by atoms with Gasteiger partial charge in [-0.15, -0.1) is 0 Å². The van der Waals surface area contributed by atoms with Crippen LogP contribution in [0.1, 0.15) is 24.8 Å². The summed E-state index contributed by atoms with van der Waals surface area (Å²) in [6.07, 6.45) is 0.453. The zero-order chi connectivity index (χ0) is 10.3. The molecule has 14 heavy (non-hydrogen) atoms. The van der Waals surface area contributed by atoms with Crippen molar-refractivity contribution in [1.82, 2.24) is 0 Å². The average Bonchev–Trinajstić information content (AvgIpc) is 2.83. The molecule has 2 rings (SSSR count). The fourth-order valence-corrected chi connectivity index (χ4v) is 2.25. The van der Waals surface area contributed by atoms with Crippen molar-refractivity contribution in [2.24, 2.45) is 5.92 Å². The standard InChI is InChI=1S/C11H12ClFO/c1-6(14)7-5-8(7)11-9(12)3-2-4-10(11)13/h2-4,6-8,14H,5H2,1H3/t6-,7+,8+/m1/s1. The van der Waals surface area contributed by atoms with Crippen LogP contribution in [0.5, 0.6) is 0 Å². The van der Waals surface area contributed by atoms with E-state index < -0.39 is 0 Å². The molecule has 0 spiro atoms. The van der Waals surface area contributed by atoms with Crippen molar-refractivity contribution in [3.05, 3.63) is 34.6 Å². The van der Waals surface area contributed by atoms with Crippen LogP contribution >= 0.6 is 11.6 Å². The lowest BCUT2D eigenvalue weighted by Gasteiger charge is -2.06. The van der Waals surface area contributed by atoms with Gasteiger partial charge in [0.15, 0.2) is 0 Å². The Hall–Kier alpha value is -0.600. The molecule has 1 N–H and O–H groups in total. The Morgan fingerprint density at radius 1 is 1.57 bits per heavy atom. The maximum atomic E-state index is 13.4. The van der Waals surface area contributed by atoms with Crippen molar-refractivity contribution in [2.75, 3.05) is 0 Å². The van der Waals surface area contributed by atoms with Gasteiger partial charge in [-0.2, -0.15) is 0 Å². The van der Waals surface area contributed by atoms with Gasteiger partial charge in [-0.1, -0.05) is 17.7 Å². The fraction of sp³-hybridized carbons (Fsp3) is 0.455. The average molecular weight is 215 g/mol. The molecule has 1 aliphatic rings. The van der Waals surface area contributed by atoms with E-state index in [0.29, 0.717) is 10.6 Å². The van der Waals surface area contributed by atoms with E-state index in [1.165, 1.54) is 6.07 Å². The van der Waals surface area contributed by atoms with E-state index in [1.54, 1.807) is 19.1 Å². The molecule has 1 aliphatic carbocycles. The Morgan fingerprint density at radius 3 is 2.79 bits per heavy atom. The first-order valence-corrected chi connectivity index (χ1v) is 5.11. The highest BCUT2D eigenvalue weighted by Gasteiger charge is 2.43. The summed E-state index contributed by atoms with van der Waals surface area (Å²) >= 11 is 5.91. The van der Waals surface area contributed by atoms with Gasteiger partial charge in [-0.3, -0.25) is 0 Å². The monoisotopic (exact) mass is 214 g/mol. The van der Waals surface area contributed by atoms with Crippen LogP contribution in [0.25, 0.3) is 0 Å². The highest BCUT2D eigenvalue weighted by atomic mass is 35.5. The van der Waals surface area contributed by atoms with Crippen LogP contribution in [0, 0.1) is 11.7 Å². The minimum Gasteiger partial charge on any atom is -0.393 e. The molecule has 0 radical (unpaired) electrons. The van der Waals surface area contributed by atoms with Crippen LogP contribution in [-0.4, -0.2) is 11.2 Å². The van der Waals surface area contributed by atoms with E-state index >= 15 is 0 Å². The lowest BCUT2D eigenvalue weighted by molar-refractivity contribution is 0.168. The van der Waals surface area contributed by atoms with Crippen LogP contribution in [-0.2, 0) is 0 Å². The predicted molar refractivity (Wildman–Crippen MR) is 53.9 cm³/mol. The molecular formula is C11H12ClFO. The third-order valence-electron chi connectivity index (χ3n) is 2.83. The molecule has 1 nitrogen and oxygen atoms in total. The van der Waals surface area contributed by atoms with Crippen molar-refractivity contribution in [3.63, 3.8) is 0 Å². The minimum atomic E-state index is -0.379. The van der Waals surface area contributed by atoms with Gasteiger partial charge in [0.25, 0.3) is 0 Å². The Kier molecular flexibility index (Phi) is 2.50. The number of halogens is 2. The van der Waals surface area contributed by atoms with Gasteiger partial charge in [0.1, 0.15) is 5.82 Å². The lowest BCUT2D eigenvalue weighted by atomic mass is 10.1. The second kappa shape index (κ2) is 3.52. The van der Waals surface area contributed by atoms with E-state index in [0.717, 1.165) is 6.42 Å². The summed E-state index contributed by atoms with van der Waals surface area (Å²) in [6, 6.07) is 4.71. The van der Waals surface area contributed by atoms with E-state index in [9.17, 15) is 9.50 Å². The number of rotatable bonds is 2. The second-order valence-corrected chi connectivity index (χ2v) is 4.29. The minimum absolute atomic E-state index is 0.101. The first-order valence-electron chi connectivity index (χ1n) is 4.73. The van der Waals surface area contributed by atoms with Gasteiger partial charge in [-0.05, 0) is 37.3 Å². The van der Waals surface area contributed by atoms with Gasteiger partial charge in [0, 0.05) is 10.6 Å². The molecule has 76 valence electrons. The fourth-order valence-electron chi connectivity index (χ4n) is 1.94. The molecule has 1 saturated carbocycles. The van der Waals surface area contributed by atoms with E-state index in [4.69, 9.17) is 11.6 Å². The molecule has 3 atom stereocenters. The maximum absolute atomic E-state index is 13.4. The molecule has 0 aliphatic heterocycles. The van der Waals surface area contributed by atoms with Crippen LogP contribution < -0.4 is 0 Å². The highest BCUT2D eigenvalue weighted by Crippen LogP contribution is 2.52. The molecule has 3 heteroatoms. The van der Waals surface area contributed by atoms with Gasteiger partial charge < -0.3 is 5.11 Å². The van der Waals surface area contributed by atoms with Crippen molar-refractivity contribution >= 4 is 11.6 Å². The predicted octanol–water partition coefficient (Wildman–Crippen LogP) is 2.96. The quantitative estimate of drug-likeness (QED) is 0.803. The Morgan fingerprint density at radius 2 is 2.29 bits per heavy atom. The van der Waals surface area contributed by atoms with Crippen LogP contribution in [0.15, 0.2) is 18.2 Å².